The number of nitrogens with one attached hydrogen (secondary N) is 1. The Bertz CT molecular complexity index is 1010. The Morgan fingerprint density at radius 1 is 1.23 bits per heavy atom. The van der Waals surface area contributed by atoms with Crippen molar-refractivity contribution in [3.05, 3.63) is 52.4 Å². The van der Waals surface area contributed by atoms with Crippen LogP contribution in [-0.2, 0) is 10.0 Å². The molecular formula is C16H14Cl2N4O3S. The Labute approximate surface area is 160 Å². The van der Waals surface area contributed by atoms with Gasteiger partial charge in [0.05, 0.1) is 15.7 Å². The molecule has 0 unspecified atom stereocenters. The molecular weight excluding hydrogens is 399 g/mol. The lowest BCUT2D eigenvalue weighted by molar-refractivity contribution is 0.338. The fraction of sp³-hybridized carbons (Fsp3) is 0.188. The third-order valence-electron chi connectivity index (χ3n) is 3.43. The minimum atomic E-state index is -4.03. The van der Waals surface area contributed by atoms with Crippen molar-refractivity contribution >= 4 is 44.8 Å². The third kappa shape index (κ3) is 4.14. The average molecular weight is 413 g/mol. The van der Waals surface area contributed by atoms with E-state index in [4.69, 9.17) is 27.9 Å². The first-order chi connectivity index (χ1) is 12.4. The summed E-state index contributed by atoms with van der Waals surface area (Å²) in [6.07, 6.45) is 5.45. The summed E-state index contributed by atoms with van der Waals surface area (Å²) in [7, 11) is -4.03. The number of rotatable bonds is 6. The highest BCUT2D eigenvalue weighted by molar-refractivity contribution is 7.92. The molecule has 0 saturated heterocycles. The smallest absolute Gasteiger partial charge is 0.264 e. The predicted octanol–water partition coefficient (Wildman–Crippen LogP) is 3.71. The minimum absolute atomic E-state index is 0.0369. The molecule has 0 radical (unpaired) electrons. The predicted molar refractivity (Wildman–Crippen MR) is 101 cm³/mol. The second kappa shape index (κ2) is 7.61. The van der Waals surface area contributed by atoms with Crippen LogP contribution >= 0.6 is 23.2 Å². The quantitative estimate of drug-likeness (QED) is 0.779. The molecule has 0 amide bonds. The highest BCUT2D eigenvalue weighted by Gasteiger charge is 2.22. The SMILES string of the molecule is CC1=NC(COc2nccnc2NS(=O)(=O)c2cccc(Cl)c2Cl)=CC1. The molecule has 1 aromatic carbocycles. The van der Waals surface area contributed by atoms with E-state index in [-0.39, 0.29) is 33.2 Å². The fourth-order valence-electron chi connectivity index (χ4n) is 2.21. The van der Waals surface area contributed by atoms with Gasteiger partial charge in [0.15, 0.2) is 0 Å². The normalized spacial score (nSPS) is 14.0. The van der Waals surface area contributed by atoms with Gasteiger partial charge in [0, 0.05) is 24.5 Å². The van der Waals surface area contributed by atoms with Crippen LogP contribution in [0.15, 0.2) is 52.3 Å². The van der Waals surface area contributed by atoms with E-state index in [0.29, 0.717) is 0 Å². The van der Waals surface area contributed by atoms with E-state index >= 15 is 0 Å². The van der Waals surface area contributed by atoms with E-state index in [1.807, 2.05) is 13.0 Å². The Balaban J connectivity index is 1.83. The minimum Gasteiger partial charge on any atom is -0.469 e. The Morgan fingerprint density at radius 2 is 2.00 bits per heavy atom. The maximum atomic E-state index is 12.6. The molecule has 26 heavy (non-hydrogen) atoms. The van der Waals surface area contributed by atoms with E-state index in [0.717, 1.165) is 17.8 Å². The van der Waals surface area contributed by atoms with Gasteiger partial charge in [-0.3, -0.25) is 9.71 Å². The van der Waals surface area contributed by atoms with Crippen molar-refractivity contribution in [2.75, 3.05) is 11.3 Å². The Kier molecular flexibility index (Phi) is 5.45. The number of hydrogen-bond acceptors (Lipinski definition) is 6. The van der Waals surface area contributed by atoms with Crippen molar-refractivity contribution in [3.8, 4) is 5.88 Å². The molecule has 0 bridgehead atoms. The van der Waals surface area contributed by atoms with Crippen LogP contribution in [0.1, 0.15) is 13.3 Å². The first-order valence-electron chi connectivity index (χ1n) is 7.50. The van der Waals surface area contributed by atoms with E-state index in [2.05, 4.69) is 19.7 Å². The largest absolute Gasteiger partial charge is 0.469 e. The van der Waals surface area contributed by atoms with Gasteiger partial charge >= 0.3 is 0 Å². The van der Waals surface area contributed by atoms with Crippen molar-refractivity contribution in [3.63, 3.8) is 0 Å². The van der Waals surface area contributed by atoms with Gasteiger partial charge in [-0.15, -0.1) is 0 Å². The van der Waals surface area contributed by atoms with Gasteiger partial charge in [-0.25, -0.2) is 18.4 Å². The van der Waals surface area contributed by atoms with E-state index < -0.39 is 10.0 Å². The van der Waals surface area contributed by atoms with Gasteiger partial charge in [-0.1, -0.05) is 35.3 Å². The Morgan fingerprint density at radius 3 is 2.73 bits per heavy atom. The number of ether oxygens (including phenoxy) is 1. The summed E-state index contributed by atoms with van der Waals surface area (Å²) >= 11 is 11.9. The van der Waals surface area contributed by atoms with E-state index in [1.54, 1.807) is 0 Å². The number of allylic oxidation sites excluding steroid dienone is 1. The van der Waals surface area contributed by atoms with Crippen LogP contribution in [0.3, 0.4) is 0 Å². The monoisotopic (exact) mass is 412 g/mol. The number of aromatic nitrogens is 2. The highest BCUT2D eigenvalue weighted by atomic mass is 35.5. The van der Waals surface area contributed by atoms with Crippen LogP contribution < -0.4 is 9.46 Å². The lowest BCUT2D eigenvalue weighted by atomic mass is 10.3. The van der Waals surface area contributed by atoms with Gasteiger partial charge < -0.3 is 4.74 Å². The van der Waals surface area contributed by atoms with Gasteiger partial charge in [0.2, 0.25) is 5.82 Å². The molecule has 0 fully saturated rings. The molecule has 1 aromatic heterocycles. The molecule has 1 aliphatic rings. The Hall–Kier alpha value is -2.16. The average Bonchev–Trinajstić information content (AvgIpc) is 3.01. The second-order valence-electron chi connectivity index (χ2n) is 5.40. The molecule has 1 N–H and O–H groups in total. The van der Waals surface area contributed by atoms with Crippen LogP contribution in [0.4, 0.5) is 5.82 Å². The van der Waals surface area contributed by atoms with Crippen LogP contribution in [0.5, 0.6) is 5.88 Å². The van der Waals surface area contributed by atoms with Crippen molar-refractivity contribution in [2.24, 2.45) is 4.99 Å². The number of hydrogen-bond donors (Lipinski definition) is 1. The number of halogens is 2. The summed E-state index contributed by atoms with van der Waals surface area (Å²) in [5.74, 6) is -0.0160. The molecule has 2 heterocycles. The standard InChI is InChI=1S/C16H14Cl2N4O3S/c1-10-5-6-11(21-10)9-25-16-15(19-7-8-20-16)22-26(23,24)13-4-2-3-12(17)14(13)18/h2-4,6-8H,5,9H2,1H3,(H,19,22). The first-order valence-corrected chi connectivity index (χ1v) is 9.74. The number of sulfonamides is 1. The van der Waals surface area contributed by atoms with Gasteiger partial charge in [0.1, 0.15) is 11.5 Å². The fourth-order valence-corrected chi connectivity index (χ4v) is 3.98. The summed E-state index contributed by atoms with van der Waals surface area (Å²) in [5.41, 5.74) is 1.74. The summed E-state index contributed by atoms with van der Waals surface area (Å²) in [4.78, 5) is 12.2. The third-order valence-corrected chi connectivity index (χ3v) is 5.74. The zero-order valence-corrected chi connectivity index (χ0v) is 15.9. The lowest BCUT2D eigenvalue weighted by Crippen LogP contribution is -2.16. The van der Waals surface area contributed by atoms with Gasteiger partial charge in [-0.2, -0.15) is 0 Å². The topological polar surface area (TPSA) is 93.5 Å². The van der Waals surface area contributed by atoms with Crippen molar-refractivity contribution in [1.82, 2.24) is 9.97 Å². The number of anilines is 1. The number of nitrogens with zero attached hydrogens (tertiary/aromatic N) is 3. The first kappa shape index (κ1) is 18.6. The number of benzene rings is 1. The van der Waals surface area contributed by atoms with Crippen molar-refractivity contribution in [2.45, 2.75) is 18.2 Å². The maximum absolute atomic E-state index is 12.6. The van der Waals surface area contributed by atoms with Gasteiger partial charge in [0.25, 0.3) is 15.9 Å². The highest BCUT2D eigenvalue weighted by Crippen LogP contribution is 2.31. The lowest BCUT2D eigenvalue weighted by Gasteiger charge is -2.12. The molecule has 0 spiro atoms. The molecule has 2 aromatic rings. The molecule has 3 rings (SSSR count). The molecule has 7 nitrogen and oxygen atoms in total. The number of aliphatic imine (C=N–C) groups is 1. The van der Waals surface area contributed by atoms with Crippen LogP contribution in [0.25, 0.3) is 0 Å². The van der Waals surface area contributed by atoms with Crippen molar-refractivity contribution < 1.29 is 13.2 Å². The summed E-state index contributed by atoms with van der Waals surface area (Å²) < 4.78 is 33.1. The van der Waals surface area contributed by atoms with Crippen LogP contribution in [0.2, 0.25) is 10.0 Å². The van der Waals surface area contributed by atoms with Crippen molar-refractivity contribution in [1.29, 1.82) is 0 Å². The summed E-state index contributed by atoms with van der Waals surface area (Å²) in [6.45, 7) is 2.07. The zero-order chi connectivity index (χ0) is 18.7. The maximum Gasteiger partial charge on any atom is 0.264 e. The van der Waals surface area contributed by atoms with Crippen LogP contribution in [-0.4, -0.2) is 30.7 Å². The molecule has 0 saturated carbocycles. The van der Waals surface area contributed by atoms with E-state index in [9.17, 15) is 8.42 Å². The van der Waals surface area contributed by atoms with E-state index in [1.165, 1.54) is 30.6 Å². The van der Waals surface area contributed by atoms with Crippen LogP contribution in [0, 0.1) is 0 Å². The molecule has 10 heteroatoms. The summed E-state index contributed by atoms with van der Waals surface area (Å²) in [6, 6.07) is 4.33. The second-order valence-corrected chi connectivity index (χ2v) is 7.84. The molecule has 136 valence electrons. The van der Waals surface area contributed by atoms with Gasteiger partial charge in [-0.05, 0) is 19.1 Å². The molecule has 0 atom stereocenters. The summed E-state index contributed by atoms with van der Waals surface area (Å²) in [5, 5.41) is 0.0560. The zero-order valence-electron chi connectivity index (χ0n) is 13.6. The molecule has 0 aliphatic carbocycles. The molecule has 1 aliphatic heterocycles.